The Hall–Kier alpha value is -1.81. The van der Waals surface area contributed by atoms with Crippen LogP contribution in [0.5, 0.6) is 0 Å². The van der Waals surface area contributed by atoms with E-state index in [1.54, 1.807) is 12.1 Å². The van der Waals surface area contributed by atoms with Gasteiger partial charge in [0.15, 0.2) is 0 Å². The zero-order valence-corrected chi connectivity index (χ0v) is 12.0. The second-order valence-electron chi connectivity index (χ2n) is 5.15. The third-order valence-corrected chi connectivity index (χ3v) is 3.51. The molecule has 0 spiro atoms. The minimum absolute atomic E-state index is 0.00548. The first-order chi connectivity index (χ1) is 9.90. The quantitative estimate of drug-likeness (QED) is 0.874. The van der Waals surface area contributed by atoms with Gasteiger partial charge in [0.2, 0.25) is 0 Å². The molecule has 0 amide bonds. The lowest BCUT2D eigenvalue weighted by Crippen LogP contribution is -2.19. The van der Waals surface area contributed by atoms with Gasteiger partial charge in [-0.05, 0) is 43.7 Å². The minimum Gasteiger partial charge on any atom is -0.313 e. The molecule has 1 unspecified atom stereocenters. The molecule has 0 aliphatic carbocycles. The Morgan fingerprint density at radius 2 is 1.71 bits per heavy atom. The van der Waals surface area contributed by atoms with Crippen LogP contribution in [0.25, 0.3) is 0 Å². The van der Waals surface area contributed by atoms with Gasteiger partial charge in [0.1, 0.15) is 0 Å². The Kier molecular flexibility index (Phi) is 4.68. The average molecular weight is 293 g/mol. The smallest absolute Gasteiger partial charge is 0.313 e. The maximum absolute atomic E-state index is 12.6. The molecule has 0 heterocycles. The Labute approximate surface area is 122 Å². The van der Waals surface area contributed by atoms with Crippen molar-refractivity contribution in [1.29, 1.82) is 0 Å². The van der Waals surface area contributed by atoms with Crippen molar-refractivity contribution in [3.8, 4) is 0 Å². The summed E-state index contributed by atoms with van der Waals surface area (Å²) in [7, 11) is 1.82. The highest BCUT2D eigenvalue weighted by Crippen LogP contribution is 2.30. The van der Waals surface area contributed by atoms with Crippen LogP contribution in [0.3, 0.4) is 0 Å². The van der Waals surface area contributed by atoms with Crippen LogP contribution in [0.15, 0.2) is 48.5 Å². The first-order valence-corrected chi connectivity index (χ1v) is 6.80. The van der Waals surface area contributed by atoms with E-state index in [0.717, 1.165) is 29.7 Å². The lowest BCUT2D eigenvalue weighted by atomic mass is 9.97. The van der Waals surface area contributed by atoms with Crippen molar-refractivity contribution in [2.45, 2.75) is 25.6 Å². The first-order valence-electron chi connectivity index (χ1n) is 6.80. The number of halogens is 3. The van der Waals surface area contributed by atoms with Gasteiger partial charge in [-0.15, -0.1) is 0 Å². The first kappa shape index (κ1) is 15.6. The Morgan fingerprint density at radius 3 is 2.24 bits per heavy atom. The van der Waals surface area contributed by atoms with Gasteiger partial charge in [-0.2, -0.15) is 13.2 Å². The molecule has 4 heteroatoms. The van der Waals surface area contributed by atoms with E-state index in [-0.39, 0.29) is 6.04 Å². The molecule has 0 saturated carbocycles. The summed E-state index contributed by atoms with van der Waals surface area (Å²) in [6, 6.07) is 13.5. The molecular formula is C17H18F3N. The predicted octanol–water partition coefficient (Wildman–Crippen LogP) is 4.52. The van der Waals surface area contributed by atoms with Crippen LogP contribution in [0.1, 0.15) is 28.3 Å². The van der Waals surface area contributed by atoms with Gasteiger partial charge >= 0.3 is 6.18 Å². The maximum atomic E-state index is 12.6. The molecule has 0 aliphatic heterocycles. The SMILES string of the molecule is CNC(Cc1cccc(C)c1)c1ccc(C(F)(F)F)cc1. The van der Waals surface area contributed by atoms with Crippen molar-refractivity contribution in [2.75, 3.05) is 7.05 Å². The second-order valence-corrected chi connectivity index (χ2v) is 5.15. The molecular weight excluding hydrogens is 275 g/mol. The molecule has 0 aliphatic rings. The summed E-state index contributed by atoms with van der Waals surface area (Å²) in [6.07, 6.45) is -3.55. The van der Waals surface area contributed by atoms with E-state index in [1.807, 2.05) is 32.2 Å². The third kappa shape index (κ3) is 4.08. The highest BCUT2D eigenvalue weighted by molar-refractivity contribution is 5.29. The molecule has 2 aromatic rings. The van der Waals surface area contributed by atoms with Gasteiger partial charge in [0, 0.05) is 6.04 Å². The highest BCUT2D eigenvalue weighted by Gasteiger charge is 2.30. The number of likely N-dealkylation sites (N-methyl/N-ethyl adjacent to an activating group) is 1. The second kappa shape index (κ2) is 6.31. The minimum atomic E-state index is -4.29. The average Bonchev–Trinajstić information content (AvgIpc) is 2.44. The lowest BCUT2D eigenvalue weighted by molar-refractivity contribution is -0.137. The van der Waals surface area contributed by atoms with E-state index in [0.29, 0.717) is 0 Å². The summed E-state index contributed by atoms with van der Waals surface area (Å²) in [5.74, 6) is 0. The summed E-state index contributed by atoms with van der Waals surface area (Å²) >= 11 is 0. The third-order valence-electron chi connectivity index (χ3n) is 3.51. The molecule has 0 fully saturated rings. The molecule has 0 bridgehead atoms. The van der Waals surface area contributed by atoms with Gasteiger partial charge in [0.25, 0.3) is 0 Å². The van der Waals surface area contributed by atoms with Crippen molar-refractivity contribution in [3.05, 3.63) is 70.8 Å². The molecule has 2 rings (SSSR count). The molecule has 0 saturated heterocycles. The number of nitrogens with one attached hydrogen (secondary N) is 1. The van der Waals surface area contributed by atoms with Crippen molar-refractivity contribution in [2.24, 2.45) is 0 Å². The van der Waals surface area contributed by atoms with Crippen LogP contribution in [-0.4, -0.2) is 7.05 Å². The van der Waals surface area contributed by atoms with Crippen LogP contribution in [0.2, 0.25) is 0 Å². The van der Waals surface area contributed by atoms with Gasteiger partial charge < -0.3 is 5.32 Å². The fourth-order valence-electron chi connectivity index (χ4n) is 2.37. The predicted molar refractivity (Wildman–Crippen MR) is 78.1 cm³/mol. The molecule has 0 radical (unpaired) electrons. The van der Waals surface area contributed by atoms with E-state index in [2.05, 4.69) is 11.4 Å². The highest BCUT2D eigenvalue weighted by atomic mass is 19.4. The van der Waals surface area contributed by atoms with Crippen LogP contribution >= 0.6 is 0 Å². The monoisotopic (exact) mass is 293 g/mol. The van der Waals surface area contributed by atoms with E-state index < -0.39 is 11.7 Å². The lowest BCUT2D eigenvalue weighted by Gasteiger charge is -2.18. The maximum Gasteiger partial charge on any atom is 0.416 e. The molecule has 1 N–H and O–H groups in total. The molecule has 0 aromatic heterocycles. The summed E-state index contributed by atoms with van der Waals surface area (Å²) in [5, 5.41) is 3.16. The fourth-order valence-corrected chi connectivity index (χ4v) is 2.37. The number of alkyl halides is 3. The van der Waals surface area contributed by atoms with Crippen molar-refractivity contribution >= 4 is 0 Å². The Bertz CT molecular complexity index is 588. The fraction of sp³-hybridized carbons (Fsp3) is 0.294. The standard InChI is InChI=1S/C17H18F3N/c1-12-4-3-5-13(10-12)11-16(21-2)14-6-8-15(9-7-14)17(18,19)20/h3-10,16,21H,11H2,1-2H3. The van der Waals surface area contributed by atoms with Crippen LogP contribution in [0, 0.1) is 6.92 Å². The topological polar surface area (TPSA) is 12.0 Å². The zero-order valence-electron chi connectivity index (χ0n) is 12.0. The Balaban J connectivity index is 2.18. The number of aryl methyl sites for hydroxylation is 1. The van der Waals surface area contributed by atoms with E-state index in [1.165, 1.54) is 5.56 Å². The number of hydrogen-bond acceptors (Lipinski definition) is 1. The van der Waals surface area contributed by atoms with Gasteiger partial charge in [-0.1, -0.05) is 42.0 Å². The summed E-state index contributed by atoms with van der Waals surface area (Å²) in [5.41, 5.74) is 2.58. The van der Waals surface area contributed by atoms with Crippen molar-refractivity contribution in [3.63, 3.8) is 0 Å². The molecule has 2 aromatic carbocycles. The van der Waals surface area contributed by atoms with Crippen molar-refractivity contribution < 1.29 is 13.2 Å². The molecule has 112 valence electrons. The normalized spacial score (nSPS) is 13.2. The van der Waals surface area contributed by atoms with Gasteiger partial charge in [0.05, 0.1) is 5.56 Å². The van der Waals surface area contributed by atoms with Crippen LogP contribution < -0.4 is 5.32 Å². The van der Waals surface area contributed by atoms with E-state index in [4.69, 9.17) is 0 Å². The molecule has 1 atom stereocenters. The zero-order chi connectivity index (χ0) is 15.5. The van der Waals surface area contributed by atoms with E-state index in [9.17, 15) is 13.2 Å². The van der Waals surface area contributed by atoms with Gasteiger partial charge in [-0.25, -0.2) is 0 Å². The molecule has 21 heavy (non-hydrogen) atoms. The number of rotatable bonds is 4. The number of hydrogen-bond donors (Lipinski definition) is 1. The van der Waals surface area contributed by atoms with Gasteiger partial charge in [-0.3, -0.25) is 0 Å². The summed E-state index contributed by atoms with van der Waals surface area (Å²) < 4.78 is 37.7. The van der Waals surface area contributed by atoms with Crippen LogP contribution in [-0.2, 0) is 12.6 Å². The summed E-state index contributed by atoms with van der Waals surface area (Å²) in [4.78, 5) is 0. The van der Waals surface area contributed by atoms with Crippen LogP contribution in [0.4, 0.5) is 13.2 Å². The largest absolute Gasteiger partial charge is 0.416 e. The van der Waals surface area contributed by atoms with Crippen molar-refractivity contribution in [1.82, 2.24) is 5.32 Å². The Morgan fingerprint density at radius 1 is 1.05 bits per heavy atom. The molecule has 1 nitrogen and oxygen atoms in total. The van der Waals surface area contributed by atoms with E-state index >= 15 is 0 Å². The summed E-state index contributed by atoms with van der Waals surface area (Å²) in [6.45, 7) is 2.02. The number of benzene rings is 2.